The molecule has 0 amide bonds. The summed E-state index contributed by atoms with van der Waals surface area (Å²) in [7, 11) is 2.94. The Kier molecular flexibility index (Phi) is 7.50. The quantitative estimate of drug-likeness (QED) is 0.735. The van der Waals surface area contributed by atoms with E-state index in [-0.39, 0.29) is 30.8 Å². The third-order valence-corrected chi connectivity index (χ3v) is 2.60. The molecule has 1 aromatic carbocycles. The zero-order valence-corrected chi connectivity index (χ0v) is 11.4. The topological polar surface area (TPSA) is 84.9 Å². The average Bonchev–Trinajstić information content (AvgIpc) is 2.36. The van der Waals surface area contributed by atoms with Gasteiger partial charge in [-0.25, -0.2) is 0 Å². The highest BCUT2D eigenvalue weighted by atomic mass is 35.5. The number of methoxy groups -OCH3 is 2. The SMILES string of the molecule is COc1cc([C@H](N)CCCO)cc(OC)c1O.Cl. The van der Waals surface area contributed by atoms with Crippen LogP contribution in [0.25, 0.3) is 0 Å². The van der Waals surface area contributed by atoms with Crippen molar-refractivity contribution in [1.29, 1.82) is 0 Å². The maximum atomic E-state index is 9.74. The van der Waals surface area contributed by atoms with Crippen LogP contribution in [-0.2, 0) is 0 Å². The first kappa shape index (κ1) is 16.8. The number of halogens is 1. The number of ether oxygens (including phenoxy) is 2. The zero-order chi connectivity index (χ0) is 12.8. The molecule has 0 saturated carbocycles. The van der Waals surface area contributed by atoms with Crippen LogP contribution in [0.2, 0.25) is 0 Å². The maximum absolute atomic E-state index is 9.74. The number of aliphatic hydroxyl groups excluding tert-OH is 1. The van der Waals surface area contributed by atoms with Gasteiger partial charge in [0.2, 0.25) is 5.75 Å². The Labute approximate surface area is 113 Å². The normalized spacial score (nSPS) is 11.6. The fourth-order valence-electron chi connectivity index (χ4n) is 1.61. The molecule has 0 saturated heterocycles. The average molecular weight is 278 g/mol. The summed E-state index contributed by atoms with van der Waals surface area (Å²) in [5.41, 5.74) is 6.78. The minimum Gasteiger partial charge on any atom is -0.502 e. The van der Waals surface area contributed by atoms with Gasteiger partial charge in [-0.2, -0.15) is 0 Å². The van der Waals surface area contributed by atoms with Crippen LogP contribution in [-0.4, -0.2) is 31.0 Å². The van der Waals surface area contributed by atoms with E-state index in [9.17, 15) is 5.11 Å². The van der Waals surface area contributed by atoms with Gasteiger partial charge in [0.1, 0.15) is 0 Å². The van der Waals surface area contributed by atoms with E-state index in [1.807, 2.05) is 0 Å². The Bertz CT molecular complexity index is 348. The second-order valence-corrected chi connectivity index (χ2v) is 3.75. The highest BCUT2D eigenvalue weighted by Gasteiger charge is 2.14. The molecule has 5 nitrogen and oxygen atoms in total. The molecule has 0 heterocycles. The van der Waals surface area contributed by atoms with Gasteiger partial charge in [0.25, 0.3) is 0 Å². The van der Waals surface area contributed by atoms with E-state index in [0.717, 1.165) is 5.56 Å². The molecule has 104 valence electrons. The fraction of sp³-hybridized carbons (Fsp3) is 0.500. The molecule has 6 heteroatoms. The Morgan fingerprint density at radius 1 is 1.22 bits per heavy atom. The van der Waals surface area contributed by atoms with Crippen LogP contribution in [0.1, 0.15) is 24.4 Å². The molecule has 18 heavy (non-hydrogen) atoms. The van der Waals surface area contributed by atoms with Crippen molar-refractivity contribution in [3.05, 3.63) is 17.7 Å². The minimum atomic E-state index is -0.217. The highest BCUT2D eigenvalue weighted by Crippen LogP contribution is 2.38. The number of hydrogen-bond acceptors (Lipinski definition) is 5. The van der Waals surface area contributed by atoms with Crippen LogP contribution < -0.4 is 15.2 Å². The highest BCUT2D eigenvalue weighted by molar-refractivity contribution is 5.85. The summed E-state index contributed by atoms with van der Waals surface area (Å²) in [4.78, 5) is 0. The number of phenols is 1. The van der Waals surface area contributed by atoms with Crippen LogP contribution in [0.4, 0.5) is 0 Å². The van der Waals surface area contributed by atoms with Crippen molar-refractivity contribution in [2.75, 3.05) is 20.8 Å². The Morgan fingerprint density at radius 3 is 2.11 bits per heavy atom. The lowest BCUT2D eigenvalue weighted by Crippen LogP contribution is -2.11. The van der Waals surface area contributed by atoms with E-state index < -0.39 is 0 Å². The molecule has 1 aromatic rings. The van der Waals surface area contributed by atoms with Crippen molar-refractivity contribution in [3.8, 4) is 17.2 Å². The molecule has 0 spiro atoms. The standard InChI is InChI=1S/C12H19NO4.ClH/c1-16-10-6-8(9(13)4-3-5-14)7-11(17-2)12(10)15;/h6-7,9,14-15H,3-5,13H2,1-2H3;1H/t9-;/m1./s1. The second-order valence-electron chi connectivity index (χ2n) is 3.75. The second kappa shape index (κ2) is 8.02. The van der Waals surface area contributed by atoms with Gasteiger partial charge >= 0.3 is 0 Å². The smallest absolute Gasteiger partial charge is 0.200 e. The van der Waals surface area contributed by atoms with Crippen molar-refractivity contribution in [3.63, 3.8) is 0 Å². The summed E-state index contributed by atoms with van der Waals surface area (Å²) < 4.78 is 10.1. The summed E-state index contributed by atoms with van der Waals surface area (Å²) in [5.74, 6) is 0.630. The molecule has 1 atom stereocenters. The Hall–Kier alpha value is -1.17. The van der Waals surface area contributed by atoms with Crippen LogP contribution in [0.3, 0.4) is 0 Å². The first-order valence-corrected chi connectivity index (χ1v) is 5.45. The fourth-order valence-corrected chi connectivity index (χ4v) is 1.61. The van der Waals surface area contributed by atoms with Gasteiger partial charge in [0, 0.05) is 12.6 Å². The van der Waals surface area contributed by atoms with Gasteiger partial charge in [-0.1, -0.05) is 0 Å². The third kappa shape index (κ3) is 3.94. The van der Waals surface area contributed by atoms with Crippen molar-refractivity contribution >= 4 is 12.4 Å². The van der Waals surface area contributed by atoms with Crippen molar-refractivity contribution in [2.45, 2.75) is 18.9 Å². The molecule has 4 N–H and O–H groups in total. The van der Waals surface area contributed by atoms with E-state index in [1.165, 1.54) is 14.2 Å². The van der Waals surface area contributed by atoms with Crippen LogP contribution in [0.5, 0.6) is 17.2 Å². The summed E-state index contributed by atoms with van der Waals surface area (Å²) >= 11 is 0. The Morgan fingerprint density at radius 2 is 1.72 bits per heavy atom. The number of aliphatic hydroxyl groups is 1. The summed E-state index contributed by atoms with van der Waals surface area (Å²) in [5, 5.41) is 18.5. The van der Waals surface area contributed by atoms with E-state index in [2.05, 4.69) is 0 Å². The van der Waals surface area contributed by atoms with Crippen LogP contribution >= 0.6 is 12.4 Å². The van der Waals surface area contributed by atoms with Crippen molar-refractivity contribution in [2.24, 2.45) is 5.73 Å². The molecular formula is C12H20ClNO4. The number of hydrogen-bond donors (Lipinski definition) is 3. The molecule has 0 aliphatic rings. The minimum absolute atomic E-state index is 0. The lowest BCUT2D eigenvalue weighted by atomic mass is 10.0. The number of rotatable bonds is 6. The molecule has 1 rings (SSSR count). The molecule has 0 radical (unpaired) electrons. The van der Waals surface area contributed by atoms with Gasteiger partial charge in [-0.3, -0.25) is 0 Å². The summed E-state index contributed by atoms with van der Waals surface area (Å²) in [6, 6.07) is 3.14. The van der Waals surface area contributed by atoms with Gasteiger partial charge in [0.15, 0.2) is 11.5 Å². The first-order chi connectivity index (χ1) is 8.13. The molecule has 0 aliphatic carbocycles. The largest absolute Gasteiger partial charge is 0.502 e. The number of phenolic OH excluding ortho intramolecular Hbond substituents is 1. The lowest BCUT2D eigenvalue weighted by Gasteiger charge is -2.15. The molecule has 0 fully saturated rings. The summed E-state index contributed by atoms with van der Waals surface area (Å²) in [6.07, 6.45) is 1.29. The van der Waals surface area contributed by atoms with Gasteiger partial charge < -0.3 is 25.4 Å². The number of benzene rings is 1. The molecule has 0 aromatic heterocycles. The predicted octanol–water partition coefficient (Wildman–Crippen LogP) is 1.60. The maximum Gasteiger partial charge on any atom is 0.200 e. The first-order valence-electron chi connectivity index (χ1n) is 5.45. The lowest BCUT2D eigenvalue weighted by molar-refractivity contribution is 0.279. The van der Waals surface area contributed by atoms with Crippen molar-refractivity contribution in [1.82, 2.24) is 0 Å². The number of nitrogens with two attached hydrogens (primary N) is 1. The Balaban J connectivity index is 0.00000289. The molecule has 0 aliphatic heterocycles. The van der Waals surface area contributed by atoms with E-state index >= 15 is 0 Å². The number of aromatic hydroxyl groups is 1. The monoisotopic (exact) mass is 277 g/mol. The van der Waals surface area contributed by atoms with Crippen LogP contribution in [0.15, 0.2) is 12.1 Å². The van der Waals surface area contributed by atoms with E-state index in [4.69, 9.17) is 20.3 Å². The third-order valence-electron chi connectivity index (χ3n) is 2.60. The van der Waals surface area contributed by atoms with Crippen molar-refractivity contribution < 1.29 is 19.7 Å². The van der Waals surface area contributed by atoms with Gasteiger partial charge in [0.05, 0.1) is 14.2 Å². The summed E-state index contributed by atoms with van der Waals surface area (Å²) in [6.45, 7) is 0.111. The molecular weight excluding hydrogens is 258 g/mol. The van der Waals surface area contributed by atoms with Gasteiger partial charge in [-0.15, -0.1) is 12.4 Å². The molecule has 0 bridgehead atoms. The van der Waals surface area contributed by atoms with Crippen LogP contribution in [0, 0.1) is 0 Å². The molecule has 0 unspecified atom stereocenters. The van der Waals surface area contributed by atoms with E-state index in [1.54, 1.807) is 12.1 Å². The van der Waals surface area contributed by atoms with Gasteiger partial charge in [-0.05, 0) is 30.5 Å². The zero-order valence-electron chi connectivity index (χ0n) is 10.5. The van der Waals surface area contributed by atoms with E-state index in [0.29, 0.717) is 24.3 Å². The predicted molar refractivity (Wildman–Crippen MR) is 71.7 cm³/mol.